The van der Waals surface area contributed by atoms with Gasteiger partial charge in [-0.2, -0.15) is 18.2 Å². The fraction of sp³-hybridized carbons (Fsp3) is 0.250. The van der Waals surface area contributed by atoms with Crippen LogP contribution in [-0.4, -0.2) is 10.1 Å². The quantitative estimate of drug-likeness (QED) is 0.670. The summed E-state index contributed by atoms with van der Waals surface area (Å²) < 4.78 is 44.1. The highest BCUT2D eigenvalue weighted by molar-refractivity contribution is 7.10. The summed E-state index contributed by atoms with van der Waals surface area (Å²) in [5, 5.41) is 8.95. The van der Waals surface area contributed by atoms with E-state index in [1.807, 2.05) is 0 Å². The van der Waals surface area contributed by atoms with Crippen LogP contribution < -0.4 is 5.32 Å². The maximum atomic E-state index is 13.0. The number of alkyl halides is 3. The molecule has 3 aromatic rings. The maximum Gasteiger partial charge on any atom is 0.425 e. The van der Waals surface area contributed by atoms with Crippen LogP contribution in [0.5, 0.6) is 0 Å². The van der Waals surface area contributed by atoms with E-state index in [1.54, 1.807) is 31.2 Å². The smallest absolute Gasteiger partial charge is 0.340 e. The number of hydrogen-bond donors (Lipinski definition) is 1. The van der Waals surface area contributed by atoms with Gasteiger partial charge in [-0.25, -0.2) is 0 Å². The van der Waals surface area contributed by atoms with Crippen molar-refractivity contribution in [1.82, 2.24) is 15.5 Å². The minimum absolute atomic E-state index is 0.0131. The van der Waals surface area contributed by atoms with Gasteiger partial charge in [0.15, 0.2) is 5.82 Å². The van der Waals surface area contributed by atoms with Crippen molar-refractivity contribution in [3.05, 3.63) is 68.5 Å². The summed E-state index contributed by atoms with van der Waals surface area (Å²) in [4.78, 5) is 3.58. The number of rotatable bonds is 5. The van der Waals surface area contributed by atoms with Crippen LogP contribution in [-0.2, 0) is 12.7 Å². The highest BCUT2D eigenvalue weighted by Gasteiger charge is 2.35. The first-order valence-electron chi connectivity index (χ1n) is 7.27. The lowest BCUT2D eigenvalue weighted by molar-refractivity contribution is -0.134. The van der Waals surface area contributed by atoms with E-state index in [-0.39, 0.29) is 12.1 Å². The molecule has 0 radical (unpaired) electrons. The summed E-state index contributed by atoms with van der Waals surface area (Å²) in [6.45, 7) is 1.66. The van der Waals surface area contributed by atoms with Gasteiger partial charge in [-0.05, 0) is 34.7 Å². The second-order valence-electron chi connectivity index (χ2n) is 5.31. The predicted octanol–water partition coefficient (Wildman–Crippen LogP) is 4.99. The molecule has 2 aromatic heterocycles. The fourth-order valence-corrected chi connectivity index (χ4v) is 3.30. The van der Waals surface area contributed by atoms with Crippen molar-refractivity contribution in [2.24, 2.45) is 0 Å². The van der Waals surface area contributed by atoms with Gasteiger partial charge in [0, 0.05) is 18.5 Å². The highest BCUT2D eigenvalue weighted by atomic mass is 35.5. The van der Waals surface area contributed by atoms with Crippen LogP contribution in [0.1, 0.15) is 33.8 Å². The van der Waals surface area contributed by atoms with Crippen molar-refractivity contribution in [1.29, 1.82) is 0 Å². The van der Waals surface area contributed by atoms with E-state index in [0.717, 1.165) is 5.56 Å². The Labute approximate surface area is 150 Å². The van der Waals surface area contributed by atoms with Gasteiger partial charge >= 0.3 is 6.18 Å². The molecule has 132 valence electrons. The standard InChI is InChI=1S/C16H13ClF3N3OS/c1-9-22-15(23-24-9)13(10-2-4-12(17)5-3-10)21-8-11-6-7-25-14(11)16(18,19)20/h2-7,13,21H,8H2,1H3. The lowest BCUT2D eigenvalue weighted by Gasteiger charge is -2.17. The molecule has 2 heterocycles. The van der Waals surface area contributed by atoms with Gasteiger partial charge in [0.25, 0.3) is 0 Å². The Bertz CT molecular complexity index is 845. The summed E-state index contributed by atoms with van der Waals surface area (Å²) >= 11 is 6.58. The number of benzene rings is 1. The molecule has 0 aliphatic carbocycles. The summed E-state index contributed by atoms with van der Waals surface area (Å²) in [6.07, 6.45) is -4.37. The second kappa shape index (κ2) is 7.15. The molecule has 0 saturated carbocycles. The molecule has 1 aromatic carbocycles. The second-order valence-corrected chi connectivity index (χ2v) is 6.66. The van der Waals surface area contributed by atoms with Crippen LogP contribution >= 0.6 is 22.9 Å². The van der Waals surface area contributed by atoms with Crippen LogP contribution in [0.25, 0.3) is 0 Å². The molecule has 1 unspecified atom stereocenters. The first-order valence-corrected chi connectivity index (χ1v) is 8.53. The SMILES string of the molecule is Cc1nc(C(NCc2ccsc2C(F)(F)F)c2ccc(Cl)cc2)no1. The predicted molar refractivity (Wildman–Crippen MR) is 88.5 cm³/mol. The number of aromatic nitrogens is 2. The number of nitrogens with zero attached hydrogens (tertiary/aromatic N) is 2. The Morgan fingerprint density at radius 1 is 1.24 bits per heavy atom. The van der Waals surface area contributed by atoms with E-state index in [1.165, 1.54) is 11.4 Å². The minimum Gasteiger partial charge on any atom is -0.340 e. The lowest BCUT2D eigenvalue weighted by atomic mass is 10.1. The number of nitrogens with one attached hydrogen (secondary N) is 1. The third-order valence-corrected chi connectivity index (χ3v) is 4.76. The highest BCUT2D eigenvalue weighted by Crippen LogP contribution is 2.36. The third kappa shape index (κ3) is 4.20. The summed E-state index contributed by atoms with van der Waals surface area (Å²) in [5.74, 6) is 0.728. The molecule has 0 fully saturated rings. The van der Waals surface area contributed by atoms with E-state index < -0.39 is 17.1 Å². The molecule has 0 spiro atoms. The molecule has 1 atom stereocenters. The summed E-state index contributed by atoms with van der Waals surface area (Å²) in [5.41, 5.74) is 0.950. The molecule has 0 bridgehead atoms. The molecule has 0 aliphatic heterocycles. The maximum absolute atomic E-state index is 13.0. The molecule has 4 nitrogen and oxygen atoms in total. The van der Waals surface area contributed by atoms with E-state index in [0.29, 0.717) is 28.1 Å². The van der Waals surface area contributed by atoms with Crippen molar-refractivity contribution in [3.8, 4) is 0 Å². The van der Waals surface area contributed by atoms with Gasteiger partial charge in [0.1, 0.15) is 4.88 Å². The Hall–Kier alpha value is -1.90. The Morgan fingerprint density at radius 2 is 1.96 bits per heavy atom. The fourth-order valence-electron chi connectivity index (χ4n) is 2.38. The largest absolute Gasteiger partial charge is 0.425 e. The molecular weight excluding hydrogens is 375 g/mol. The van der Waals surface area contributed by atoms with Gasteiger partial charge in [-0.3, -0.25) is 5.32 Å². The van der Waals surface area contributed by atoms with E-state index in [2.05, 4.69) is 15.5 Å². The van der Waals surface area contributed by atoms with Gasteiger partial charge in [-0.1, -0.05) is 28.9 Å². The van der Waals surface area contributed by atoms with Crippen LogP contribution in [0.4, 0.5) is 13.2 Å². The Balaban J connectivity index is 1.86. The molecule has 0 saturated heterocycles. The van der Waals surface area contributed by atoms with Crippen molar-refractivity contribution in [2.45, 2.75) is 25.7 Å². The number of halogens is 4. The molecule has 0 amide bonds. The van der Waals surface area contributed by atoms with Crippen molar-refractivity contribution < 1.29 is 17.7 Å². The monoisotopic (exact) mass is 387 g/mol. The van der Waals surface area contributed by atoms with Gasteiger partial charge in [0.05, 0.1) is 6.04 Å². The number of aryl methyl sites for hydroxylation is 1. The summed E-state index contributed by atoms with van der Waals surface area (Å²) in [7, 11) is 0. The molecule has 1 N–H and O–H groups in total. The zero-order valence-corrected chi connectivity index (χ0v) is 14.5. The van der Waals surface area contributed by atoms with Crippen molar-refractivity contribution in [3.63, 3.8) is 0 Å². The minimum atomic E-state index is -4.37. The van der Waals surface area contributed by atoms with Crippen LogP contribution in [0, 0.1) is 6.92 Å². The normalized spacial score (nSPS) is 13.2. The van der Waals surface area contributed by atoms with Crippen LogP contribution in [0.15, 0.2) is 40.2 Å². The van der Waals surface area contributed by atoms with Gasteiger partial charge < -0.3 is 4.52 Å². The molecule has 3 rings (SSSR count). The number of hydrogen-bond acceptors (Lipinski definition) is 5. The first kappa shape index (κ1) is 17.9. The average Bonchev–Trinajstić information content (AvgIpc) is 3.18. The topological polar surface area (TPSA) is 51.0 Å². The zero-order valence-electron chi connectivity index (χ0n) is 13.0. The van der Waals surface area contributed by atoms with Crippen molar-refractivity contribution >= 4 is 22.9 Å². The van der Waals surface area contributed by atoms with Crippen molar-refractivity contribution in [2.75, 3.05) is 0 Å². The molecule has 25 heavy (non-hydrogen) atoms. The van der Waals surface area contributed by atoms with Gasteiger partial charge in [-0.15, -0.1) is 11.3 Å². The lowest BCUT2D eigenvalue weighted by Crippen LogP contribution is -2.24. The number of thiophene rings is 1. The van der Waals surface area contributed by atoms with E-state index >= 15 is 0 Å². The van der Waals surface area contributed by atoms with E-state index in [9.17, 15) is 13.2 Å². The first-order chi connectivity index (χ1) is 11.8. The zero-order chi connectivity index (χ0) is 18.0. The summed E-state index contributed by atoms with van der Waals surface area (Å²) in [6, 6.07) is 7.87. The molecule has 0 aliphatic rings. The van der Waals surface area contributed by atoms with Crippen LogP contribution in [0.3, 0.4) is 0 Å². The average molecular weight is 388 g/mol. The molecular formula is C16H13ClF3N3OS. The van der Waals surface area contributed by atoms with E-state index in [4.69, 9.17) is 16.1 Å². The van der Waals surface area contributed by atoms with Gasteiger partial charge in [0.2, 0.25) is 5.89 Å². The third-order valence-electron chi connectivity index (χ3n) is 3.51. The Morgan fingerprint density at radius 3 is 2.56 bits per heavy atom. The van der Waals surface area contributed by atoms with Crippen LogP contribution in [0.2, 0.25) is 5.02 Å². The molecule has 9 heteroatoms. The Kier molecular flexibility index (Phi) is 5.12.